The lowest BCUT2D eigenvalue weighted by molar-refractivity contribution is -0.138. The number of nitrogens with one attached hydrogen (secondary N) is 1. The van der Waals surface area contributed by atoms with Crippen LogP contribution in [-0.4, -0.2) is 23.5 Å². The Labute approximate surface area is 126 Å². The van der Waals surface area contributed by atoms with Crippen molar-refractivity contribution in [3.8, 4) is 0 Å². The summed E-state index contributed by atoms with van der Waals surface area (Å²) in [5.41, 5.74) is -0.549. The first-order valence-electron chi connectivity index (χ1n) is 6.94. The second-order valence-corrected chi connectivity index (χ2v) is 4.86. The van der Waals surface area contributed by atoms with Crippen LogP contribution in [0.2, 0.25) is 0 Å². The molecule has 1 amide bonds. The molecule has 1 aromatic rings. The van der Waals surface area contributed by atoms with Crippen LogP contribution in [0.1, 0.15) is 36.8 Å². The van der Waals surface area contributed by atoms with Crippen LogP contribution in [0.4, 0.5) is 13.2 Å². The van der Waals surface area contributed by atoms with Gasteiger partial charge in [-0.15, -0.1) is 0 Å². The molecular weight excluding hydrogens is 299 g/mol. The highest BCUT2D eigenvalue weighted by Gasteiger charge is 2.32. The maximum atomic E-state index is 12.8. The summed E-state index contributed by atoms with van der Waals surface area (Å²) in [6, 6.07) is 5.26. The summed E-state index contributed by atoms with van der Waals surface area (Å²) in [7, 11) is 0. The Morgan fingerprint density at radius 2 is 1.73 bits per heavy atom. The number of aliphatic carboxylic acids is 1. The number of carboxylic acid groups (broad SMARTS) is 1. The zero-order valence-corrected chi connectivity index (χ0v) is 11.9. The lowest BCUT2D eigenvalue weighted by Crippen LogP contribution is -2.26. The largest absolute Gasteiger partial charge is 0.481 e. The van der Waals surface area contributed by atoms with Crippen LogP contribution < -0.4 is 5.32 Å². The molecule has 0 saturated carbocycles. The number of alkyl halides is 3. The monoisotopic (exact) mass is 317 g/mol. The smallest absolute Gasteiger partial charge is 0.416 e. The maximum Gasteiger partial charge on any atom is 0.416 e. The minimum atomic E-state index is -4.41. The zero-order valence-electron chi connectivity index (χ0n) is 11.9. The second kappa shape index (κ2) is 8.41. The average molecular weight is 317 g/mol. The van der Waals surface area contributed by atoms with E-state index in [9.17, 15) is 22.8 Å². The Morgan fingerprint density at radius 1 is 1.09 bits per heavy atom. The summed E-state index contributed by atoms with van der Waals surface area (Å²) in [6.45, 7) is 0.116. The highest BCUT2D eigenvalue weighted by Crippen LogP contribution is 2.31. The first kappa shape index (κ1) is 18.0. The van der Waals surface area contributed by atoms with Crippen LogP contribution in [0.5, 0.6) is 0 Å². The number of unbranched alkanes of at least 4 members (excludes halogenated alkanes) is 1. The van der Waals surface area contributed by atoms with Gasteiger partial charge in [0.15, 0.2) is 0 Å². The van der Waals surface area contributed by atoms with Gasteiger partial charge in [-0.05, 0) is 30.9 Å². The third-order valence-corrected chi connectivity index (χ3v) is 3.08. The first-order chi connectivity index (χ1) is 10.3. The third-order valence-electron chi connectivity index (χ3n) is 3.08. The molecule has 0 radical (unpaired) electrons. The molecule has 0 fully saturated rings. The van der Waals surface area contributed by atoms with Crippen LogP contribution in [0, 0.1) is 0 Å². The van der Waals surface area contributed by atoms with Crippen molar-refractivity contribution in [1.29, 1.82) is 0 Å². The van der Waals surface area contributed by atoms with E-state index < -0.39 is 17.7 Å². The Balaban J connectivity index is 2.36. The molecule has 0 saturated heterocycles. The number of hydrogen-bond donors (Lipinski definition) is 2. The number of carboxylic acids is 1. The van der Waals surface area contributed by atoms with Crippen molar-refractivity contribution in [3.63, 3.8) is 0 Å². The zero-order chi connectivity index (χ0) is 16.6. The standard InChI is InChI=1S/C15H18F3NO3/c16-15(17,18)12-6-2-1-5-11(12)9-10-19-13(20)7-3-4-8-14(21)22/h1-2,5-6H,3-4,7-10H2,(H,19,20)(H,21,22). The Hall–Kier alpha value is -2.05. The van der Waals surface area contributed by atoms with Gasteiger partial charge in [-0.25, -0.2) is 0 Å². The van der Waals surface area contributed by atoms with E-state index in [-0.39, 0.29) is 37.3 Å². The molecule has 4 nitrogen and oxygen atoms in total. The van der Waals surface area contributed by atoms with Crippen molar-refractivity contribution in [1.82, 2.24) is 5.32 Å². The van der Waals surface area contributed by atoms with E-state index in [0.29, 0.717) is 12.8 Å². The van der Waals surface area contributed by atoms with Gasteiger partial charge in [-0.3, -0.25) is 9.59 Å². The molecule has 0 spiro atoms. The van der Waals surface area contributed by atoms with Crippen molar-refractivity contribution >= 4 is 11.9 Å². The molecule has 122 valence electrons. The fourth-order valence-corrected chi connectivity index (χ4v) is 2.00. The van der Waals surface area contributed by atoms with Gasteiger partial charge in [0.25, 0.3) is 0 Å². The van der Waals surface area contributed by atoms with E-state index in [1.54, 1.807) is 0 Å². The molecule has 2 N–H and O–H groups in total. The highest BCUT2D eigenvalue weighted by molar-refractivity contribution is 5.75. The molecule has 22 heavy (non-hydrogen) atoms. The molecule has 0 heterocycles. The third kappa shape index (κ3) is 6.60. The highest BCUT2D eigenvalue weighted by atomic mass is 19.4. The molecule has 0 bridgehead atoms. The number of benzene rings is 1. The topological polar surface area (TPSA) is 66.4 Å². The SMILES string of the molecule is O=C(O)CCCCC(=O)NCCc1ccccc1C(F)(F)F. The predicted molar refractivity (Wildman–Crippen MR) is 74.3 cm³/mol. The molecule has 1 rings (SSSR count). The summed E-state index contributed by atoms with van der Waals surface area (Å²) in [5, 5.41) is 11.0. The number of carbonyl (C=O) groups is 2. The van der Waals surface area contributed by atoms with Gasteiger partial charge in [0.2, 0.25) is 5.91 Å². The lowest BCUT2D eigenvalue weighted by atomic mass is 10.0. The van der Waals surface area contributed by atoms with Gasteiger partial charge in [0, 0.05) is 19.4 Å². The Kier molecular flexibility index (Phi) is 6.88. The van der Waals surface area contributed by atoms with E-state index >= 15 is 0 Å². The molecule has 1 aromatic carbocycles. The fourth-order valence-electron chi connectivity index (χ4n) is 2.00. The van der Waals surface area contributed by atoms with Crippen molar-refractivity contribution < 1.29 is 27.9 Å². The van der Waals surface area contributed by atoms with Gasteiger partial charge in [0.1, 0.15) is 0 Å². The molecule has 7 heteroatoms. The van der Waals surface area contributed by atoms with Gasteiger partial charge >= 0.3 is 12.1 Å². The molecule has 0 aliphatic carbocycles. The summed E-state index contributed by atoms with van der Waals surface area (Å²) in [6.07, 6.45) is -3.29. The fraction of sp³-hybridized carbons (Fsp3) is 0.467. The predicted octanol–water partition coefficient (Wildman–Crippen LogP) is 3.01. The average Bonchev–Trinajstić information content (AvgIpc) is 2.43. The minimum absolute atomic E-state index is 0.00619. The van der Waals surface area contributed by atoms with Crippen LogP contribution in [-0.2, 0) is 22.2 Å². The van der Waals surface area contributed by atoms with Gasteiger partial charge < -0.3 is 10.4 Å². The lowest BCUT2D eigenvalue weighted by Gasteiger charge is -2.12. The van der Waals surface area contributed by atoms with Crippen LogP contribution in [0.25, 0.3) is 0 Å². The van der Waals surface area contributed by atoms with Gasteiger partial charge in [0.05, 0.1) is 5.56 Å². The summed E-state index contributed by atoms with van der Waals surface area (Å²) >= 11 is 0. The van der Waals surface area contributed by atoms with E-state index in [0.717, 1.165) is 6.07 Å². The number of hydrogen-bond acceptors (Lipinski definition) is 2. The minimum Gasteiger partial charge on any atom is -0.481 e. The van der Waals surface area contributed by atoms with Gasteiger partial charge in [-0.1, -0.05) is 18.2 Å². The summed E-state index contributed by atoms with van der Waals surface area (Å²) in [4.78, 5) is 21.8. The van der Waals surface area contributed by atoms with Gasteiger partial charge in [-0.2, -0.15) is 13.2 Å². The number of carbonyl (C=O) groups excluding carboxylic acids is 1. The van der Waals surface area contributed by atoms with Crippen molar-refractivity contribution in [2.45, 2.75) is 38.3 Å². The molecule has 0 aliphatic rings. The van der Waals surface area contributed by atoms with Crippen LogP contribution in [0.3, 0.4) is 0 Å². The Morgan fingerprint density at radius 3 is 2.36 bits per heavy atom. The molecule has 0 unspecified atom stereocenters. The van der Waals surface area contributed by atoms with E-state index in [1.165, 1.54) is 18.2 Å². The number of amides is 1. The molecule has 0 aliphatic heterocycles. The van der Waals surface area contributed by atoms with Crippen molar-refractivity contribution in [3.05, 3.63) is 35.4 Å². The van der Waals surface area contributed by atoms with E-state index in [1.807, 2.05) is 0 Å². The van der Waals surface area contributed by atoms with Crippen molar-refractivity contribution in [2.75, 3.05) is 6.54 Å². The normalized spacial score (nSPS) is 11.2. The number of rotatable bonds is 8. The van der Waals surface area contributed by atoms with Crippen LogP contribution >= 0.6 is 0 Å². The van der Waals surface area contributed by atoms with E-state index in [4.69, 9.17) is 5.11 Å². The summed E-state index contributed by atoms with van der Waals surface area (Å²) in [5.74, 6) is -1.20. The molecule has 0 aromatic heterocycles. The second-order valence-electron chi connectivity index (χ2n) is 4.86. The quantitative estimate of drug-likeness (QED) is 0.724. The first-order valence-corrected chi connectivity index (χ1v) is 6.94. The van der Waals surface area contributed by atoms with E-state index in [2.05, 4.69) is 5.32 Å². The summed E-state index contributed by atoms with van der Waals surface area (Å²) < 4.78 is 38.3. The Bertz CT molecular complexity index is 515. The number of halogens is 3. The van der Waals surface area contributed by atoms with Crippen LogP contribution in [0.15, 0.2) is 24.3 Å². The molecule has 0 atom stereocenters. The van der Waals surface area contributed by atoms with Crippen molar-refractivity contribution in [2.24, 2.45) is 0 Å². The maximum absolute atomic E-state index is 12.8. The molecular formula is C15H18F3NO3.